The zero-order valence-corrected chi connectivity index (χ0v) is 11.2. The molecule has 0 bridgehead atoms. The summed E-state index contributed by atoms with van der Waals surface area (Å²) in [4.78, 5) is 12.7. The third kappa shape index (κ3) is 3.29. The monoisotopic (exact) mass is 270 g/mol. The van der Waals surface area contributed by atoms with Crippen molar-refractivity contribution >= 4 is 11.8 Å². The van der Waals surface area contributed by atoms with Crippen LogP contribution in [-0.4, -0.2) is 24.9 Å². The Bertz CT molecular complexity index is 569. The summed E-state index contributed by atoms with van der Waals surface area (Å²) in [5.41, 5.74) is 1.63. The minimum absolute atomic E-state index is 0.375. The van der Waals surface area contributed by atoms with Gasteiger partial charge in [0, 0.05) is 6.54 Å². The van der Waals surface area contributed by atoms with Crippen molar-refractivity contribution in [1.82, 2.24) is 0 Å². The van der Waals surface area contributed by atoms with Crippen molar-refractivity contribution in [3.05, 3.63) is 60.2 Å². The third-order valence-electron chi connectivity index (χ3n) is 3.01. The smallest absolute Gasteiger partial charge is 0.411 e. The summed E-state index contributed by atoms with van der Waals surface area (Å²) < 4.78 is 5.19. The highest BCUT2D eigenvalue weighted by atomic mass is 16.5. The van der Waals surface area contributed by atoms with Crippen molar-refractivity contribution in [2.45, 2.75) is 6.42 Å². The maximum absolute atomic E-state index is 11.4. The first-order valence-electron chi connectivity index (χ1n) is 6.31. The quantitative estimate of drug-likeness (QED) is 0.907. The van der Waals surface area contributed by atoms with E-state index in [4.69, 9.17) is 4.74 Å². The third-order valence-corrected chi connectivity index (χ3v) is 3.01. The molecule has 2 rings (SSSR count). The van der Waals surface area contributed by atoms with Crippen LogP contribution in [0.3, 0.4) is 0 Å². The number of amides is 1. The van der Waals surface area contributed by atoms with Gasteiger partial charge < -0.3 is 9.84 Å². The van der Waals surface area contributed by atoms with Gasteiger partial charge in [0.05, 0.1) is 12.8 Å². The summed E-state index contributed by atoms with van der Waals surface area (Å²) in [6.45, 7) is 0.375. The number of nitrogens with zero attached hydrogens (tertiary/aromatic N) is 1. The van der Waals surface area contributed by atoms with Gasteiger partial charge in [0.15, 0.2) is 0 Å². The van der Waals surface area contributed by atoms with Crippen molar-refractivity contribution in [3.63, 3.8) is 0 Å². The fourth-order valence-corrected chi connectivity index (χ4v) is 2.00. The fourth-order valence-electron chi connectivity index (χ4n) is 2.00. The molecule has 20 heavy (non-hydrogen) atoms. The van der Waals surface area contributed by atoms with E-state index in [-0.39, 0.29) is 0 Å². The molecule has 0 aliphatic heterocycles. The van der Waals surface area contributed by atoms with Crippen LogP contribution >= 0.6 is 0 Å². The molecule has 0 spiro atoms. The van der Waals surface area contributed by atoms with Crippen molar-refractivity contribution in [2.75, 3.05) is 18.6 Å². The number of hydrogen-bond acceptors (Lipinski definition) is 2. The van der Waals surface area contributed by atoms with E-state index in [1.807, 2.05) is 30.3 Å². The second-order valence-electron chi connectivity index (χ2n) is 4.27. The number of anilines is 1. The van der Waals surface area contributed by atoms with Crippen molar-refractivity contribution in [2.24, 2.45) is 0 Å². The second-order valence-corrected chi connectivity index (χ2v) is 4.27. The predicted octanol–water partition coefficient (Wildman–Crippen LogP) is 3.22. The molecule has 2 aromatic rings. The van der Waals surface area contributed by atoms with Gasteiger partial charge in [0.2, 0.25) is 0 Å². The molecule has 4 heteroatoms. The van der Waals surface area contributed by atoms with Crippen molar-refractivity contribution in [3.8, 4) is 5.75 Å². The first kappa shape index (κ1) is 13.9. The zero-order chi connectivity index (χ0) is 14.4. The first-order chi connectivity index (χ1) is 9.72. The van der Waals surface area contributed by atoms with Crippen LogP contribution in [0.4, 0.5) is 10.5 Å². The maximum Gasteiger partial charge on any atom is 0.411 e. The van der Waals surface area contributed by atoms with Crippen molar-refractivity contribution in [1.29, 1.82) is 0 Å². The largest absolute Gasteiger partial charge is 0.495 e. The second kappa shape index (κ2) is 6.61. The average molecular weight is 270 g/mol. The normalized spacial score (nSPS) is 10.1. The summed E-state index contributed by atoms with van der Waals surface area (Å²) in [5, 5.41) is 9.38. The molecule has 0 atom stereocenters. The lowest BCUT2D eigenvalue weighted by Crippen LogP contribution is -2.31. The van der Waals surface area contributed by atoms with Gasteiger partial charge in [0.1, 0.15) is 5.75 Å². The van der Waals surface area contributed by atoms with Crippen LogP contribution in [0.5, 0.6) is 5.75 Å². The van der Waals surface area contributed by atoms with Crippen LogP contribution in [0.25, 0.3) is 0 Å². The number of hydrogen-bond donors (Lipinski definition) is 1. The molecule has 0 heterocycles. The Morgan fingerprint density at radius 1 is 1.30 bits per heavy atom. The molecule has 0 saturated heterocycles. The van der Waals surface area contributed by atoms with Crippen LogP contribution < -0.4 is 9.64 Å². The van der Waals surface area contributed by atoms with Gasteiger partial charge >= 0.3 is 6.09 Å². The van der Waals surface area contributed by atoms with E-state index in [2.05, 4.69) is 6.07 Å². The number of ether oxygens (including phenoxy) is 1. The SMILES string of the molecule is COc1c[c]ccc1N(CCc1ccccc1)C(=O)O. The fraction of sp³-hybridized carbons (Fsp3) is 0.188. The average Bonchev–Trinajstić information content (AvgIpc) is 2.48. The molecule has 103 valence electrons. The summed E-state index contributed by atoms with van der Waals surface area (Å²) in [6, 6.07) is 17.7. The highest BCUT2D eigenvalue weighted by Gasteiger charge is 2.17. The molecule has 0 fully saturated rings. The predicted molar refractivity (Wildman–Crippen MR) is 77.3 cm³/mol. The Balaban J connectivity index is 2.17. The van der Waals surface area contributed by atoms with Crippen LogP contribution in [0.1, 0.15) is 5.56 Å². The van der Waals surface area contributed by atoms with E-state index in [1.54, 1.807) is 18.2 Å². The Morgan fingerprint density at radius 3 is 2.70 bits per heavy atom. The Labute approximate surface area is 118 Å². The van der Waals surface area contributed by atoms with Gasteiger partial charge in [0.25, 0.3) is 0 Å². The van der Waals surface area contributed by atoms with E-state index in [1.165, 1.54) is 12.0 Å². The Morgan fingerprint density at radius 2 is 2.05 bits per heavy atom. The van der Waals surface area contributed by atoms with Crippen LogP contribution in [0, 0.1) is 6.07 Å². The van der Waals surface area contributed by atoms with E-state index >= 15 is 0 Å². The first-order valence-corrected chi connectivity index (χ1v) is 6.31. The summed E-state index contributed by atoms with van der Waals surface area (Å²) in [5.74, 6) is 0.503. The number of carbonyl (C=O) groups is 1. The molecule has 0 aliphatic carbocycles. The lowest BCUT2D eigenvalue weighted by Gasteiger charge is -2.21. The number of rotatable bonds is 5. The molecule has 4 nitrogen and oxygen atoms in total. The number of benzene rings is 2. The highest BCUT2D eigenvalue weighted by Crippen LogP contribution is 2.27. The Hall–Kier alpha value is -2.49. The van der Waals surface area contributed by atoms with Crippen LogP contribution in [-0.2, 0) is 6.42 Å². The molecule has 2 aromatic carbocycles. The topological polar surface area (TPSA) is 49.8 Å². The van der Waals surface area contributed by atoms with Gasteiger partial charge in [-0.1, -0.05) is 36.4 Å². The molecule has 0 aromatic heterocycles. The van der Waals surface area contributed by atoms with E-state index in [0.717, 1.165) is 5.56 Å². The molecule has 0 unspecified atom stereocenters. The number of methoxy groups -OCH3 is 1. The zero-order valence-electron chi connectivity index (χ0n) is 11.2. The van der Waals surface area contributed by atoms with Gasteiger partial charge in [-0.3, -0.25) is 4.90 Å². The standard InChI is InChI=1S/C16H16NO3/c1-20-15-10-6-5-9-14(15)17(16(18)19)12-11-13-7-3-2-4-8-13/h2-5,7-10H,11-12H2,1H3,(H,18,19). The number of carboxylic acid groups (broad SMARTS) is 1. The maximum atomic E-state index is 11.4. The summed E-state index contributed by atoms with van der Waals surface area (Å²) in [7, 11) is 1.52. The van der Waals surface area contributed by atoms with E-state index in [9.17, 15) is 9.90 Å². The van der Waals surface area contributed by atoms with E-state index < -0.39 is 6.09 Å². The van der Waals surface area contributed by atoms with E-state index in [0.29, 0.717) is 24.4 Å². The van der Waals surface area contributed by atoms with Gasteiger partial charge in [-0.2, -0.15) is 0 Å². The van der Waals surface area contributed by atoms with Gasteiger partial charge in [-0.25, -0.2) is 4.79 Å². The lowest BCUT2D eigenvalue weighted by molar-refractivity contribution is 0.201. The van der Waals surface area contributed by atoms with Gasteiger partial charge in [-0.05, 0) is 30.2 Å². The van der Waals surface area contributed by atoms with Crippen molar-refractivity contribution < 1.29 is 14.6 Å². The molecule has 0 saturated carbocycles. The minimum atomic E-state index is -0.995. The molecule has 0 aliphatic rings. The van der Waals surface area contributed by atoms with Gasteiger partial charge in [-0.15, -0.1) is 0 Å². The van der Waals surface area contributed by atoms with Crippen LogP contribution in [0.15, 0.2) is 48.5 Å². The highest BCUT2D eigenvalue weighted by molar-refractivity contribution is 5.88. The summed E-state index contributed by atoms with van der Waals surface area (Å²) in [6.07, 6.45) is -0.347. The molecule has 1 N–H and O–H groups in total. The molecular formula is C16H16NO3. The summed E-state index contributed by atoms with van der Waals surface area (Å²) >= 11 is 0. The molecule has 1 amide bonds. The minimum Gasteiger partial charge on any atom is -0.495 e. The molecular weight excluding hydrogens is 254 g/mol. The Kier molecular flexibility index (Phi) is 4.60. The molecule has 1 radical (unpaired) electrons. The lowest BCUT2D eigenvalue weighted by atomic mass is 10.1. The van der Waals surface area contributed by atoms with Crippen LogP contribution in [0.2, 0.25) is 0 Å².